The first-order valence-electron chi connectivity index (χ1n) is 5.52. The molecule has 0 aliphatic heterocycles. The van der Waals surface area contributed by atoms with E-state index in [4.69, 9.17) is 4.74 Å². The zero-order chi connectivity index (χ0) is 13.3. The highest BCUT2D eigenvalue weighted by molar-refractivity contribution is 5.91. The molecule has 5 heteroatoms. The predicted molar refractivity (Wildman–Crippen MR) is 64.7 cm³/mol. The van der Waals surface area contributed by atoms with E-state index in [-0.39, 0.29) is 17.1 Å². The number of H-pyrrole nitrogens is 1. The fraction of sp³-hybridized carbons (Fsp3) is 0.231. The van der Waals surface area contributed by atoms with Crippen molar-refractivity contribution in [3.05, 3.63) is 40.2 Å². The predicted octanol–water partition coefficient (Wildman–Crippen LogP) is 0.679. The van der Waals surface area contributed by atoms with Crippen LogP contribution in [-0.2, 0) is 0 Å². The molecule has 1 aromatic carbocycles. The lowest BCUT2D eigenvalue weighted by molar-refractivity contribution is -0.255. The SMILES string of the molecule is CC(C)Oc1ccc2[nH]cc(C(=O)[O-])c(=O)c2c1. The Morgan fingerprint density at radius 1 is 1.39 bits per heavy atom. The Morgan fingerprint density at radius 2 is 2.11 bits per heavy atom. The van der Waals surface area contributed by atoms with Gasteiger partial charge in [-0.2, -0.15) is 0 Å². The second kappa shape index (κ2) is 4.52. The number of aromatic amines is 1. The maximum absolute atomic E-state index is 11.9. The van der Waals surface area contributed by atoms with Crippen LogP contribution >= 0.6 is 0 Å². The molecule has 1 heterocycles. The van der Waals surface area contributed by atoms with E-state index in [1.165, 1.54) is 6.07 Å². The first kappa shape index (κ1) is 12.2. The second-order valence-electron chi connectivity index (χ2n) is 4.19. The van der Waals surface area contributed by atoms with E-state index >= 15 is 0 Å². The smallest absolute Gasteiger partial charge is 0.198 e. The van der Waals surface area contributed by atoms with Crippen molar-refractivity contribution in [2.75, 3.05) is 0 Å². The summed E-state index contributed by atoms with van der Waals surface area (Å²) in [4.78, 5) is 25.4. The van der Waals surface area contributed by atoms with Gasteiger partial charge in [0.05, 0.1) is 17.6 Å². The molecule has 0 radical (unpaired) electrons. The number of carbonyl (C=O) groups is 1. The van der Waals surface area contributed by atoms with Gasteiger partial charge in [0.1, 0.15) is 5.75 Å². The van der Waals surface area contributed by atoms with Gasteiger partial charge in [0.25, 0.3) is 0 Å². The van der Waals surface area contributed by atoms with Crippen LogP contribution in [0.25, 0.3) is 10.9 Å². The summed E-state index contributed by atoms with van der Waals surface area (Å²) in [5.41, 5.74) is -0.400. The van der Waals surface area contributed by atoms with Gasteiger partial charge >= 0.3 is 0 Å². The Balaban J connectivity index is 2.63. The van der Waals surface area contributed by atoms with Crippen molar-refractivity contribution in [2.45, 2.75) is 20.0 Å². The van der Waals surface area contributed by atoms with Crippen LogP contribution in [0.5, 0.6) is 5.75 Å². The number of aromatic carboxylic acids is 1. The lowest BCUT2D eigenvalue weighted by Gasteiger charge is -2.10. The van der Waals surface area contributed by atoms with Crippen LogP contribution in [0.3, 0.4) is 0 Å². The molecule has 0 aliphatic rings. The average Bonchev–Trinajstić information content (AvgIpc) is 2.29. The normalized spacial score (nSPS) is 10.8. The molecular weight excluding hydrogens is 234 g/mol. The quantitative estimate of drug-likeness (QED) is 0.863. The van der Waals surface area contributed by atoms with Crippen molar-refractivity contribution in [2.24, 2.45) is 0 Å². The number of aromatic nitrogens is 1. The van der Waals surface area contributed by atoms with Crippen LogP contribution < -0.4 is 15.3 Å². The first-order valence-corrected chi connectivity index (χ1v) is 5.52. The molecule has 0 unspecified atom stereocenters. The molecule has 0 amide bonds. The number of carboxylic acids is 1. The molecule has 18 heavy (non-hydrogen) atoms. The summed E-state index contributed by atoms with van der Waals surface area (Å²) >= 11 is 0. The number of hydrogen-bond acceptors (Lipinski definition) is 4. The maximum atomic E-state index is 11.9. The van der Waals surface area contributed by atoms with Crippen LogP contribution in [-0.4, -0.2) is 17.1 Å². The summed E-state index contributed by atoms with van der Waals surface area (Å²) < 4.78 is 5.46. The van der Waals surface area contributed by atoms with E-state index in [0.29, 0.717) is 11.3 Å². The summed E-state index contributed by atoms with van der Waals surface area (Å²) in [5, 5.41) is 11.0. The van der Waals surface area contributed by atoms with Crippen molar-refractivity contribution in [3.8, 4) is 5.75 Å². The van der Waals surface area contributed by atoms with Gasteiger partial charge in [-0.05, 0) is 32.0 Å². The fourth-order valence-electron chi connectivity index (χ4n) is 1.69. The van der Waals surface area contributed by atoms with Crippen molar-refractivity contribution in [1.82, 2.24) is 4.98 Å². The lowest BCUT2D eigenvalue weighted by atomic mass is 10.1. The molecule has 0 aliphatic carbocycles. The van der Waals surface area contributed by atoms with Gasteiger partial charge < -0.3 is 19.6 Å². The second-order valence-corrected chi connectivity index (χ2v) is 4.19. The molecule has 94 valence electrons. The minimum atomic E-state index is -1.49. The summed E-state index contributed by atoms with van der Waals surface area (Å²) in [5.74, 6) is -0.966. The van der Waals surface area contributed by atoms with Gasteiger partial charge in [0, 0.05) is 17.1 Å². The number of ether oxygens (including phenoxy) is 1. The third-order valence-corrected chi connectivity index (χ3v) is 2.44. The molecule has 2 rings (SSSR count). The van der Waals surface area contributed by atoms with Crippen LogP contribution in [0.2, 0.25) is 0 Å². The van der Waals surface area contributed by atoms with E-state index in [2.05, 4.69) is 4.98 Å². The molecule has 1 N–H and O–H groups in total. The van der Waals surface area contributed by atoms with Crippen molar-refractivity contribution in [3.63, 3.8) is 0 Å². The molecule has 0 saturated carbocycles. The first-order chi connectivity index (χ1) is 8.49. The molecule has 0 bridgehead atoms. The highest BCUT2D eigenvalue weighted by Gasteiger charge is 2.07. The summed E-state index contributed by atoms with van der Waals surface area (Å²) in [6, 6.07) is 4.92. The van der Waals surface area contributed by atoms with E-state index in [1.807, 2.05) is 13.8 Å². The Hall–Kier alpha value is -2.30. The molecule has 1 aromatic heterocycles. The third-order valence-electron chi connectivity index (χ3n) is 2.44. The number of hydrogen-bond donors (Lipinski definition) is 1. The van der Waals surface area contributed by atoms with Gasteiger partial charge in [-0.15, -0.1) is 0 Å². The molecular formula is C13H12NO4-. The molecule has 0 fully saturated rings. The fourth-order valence-corrected chi connectivity index (χ4v) is 1.69. The van der Waals surface area contributed by atoms with Crippen LogP contribution in [0.1, 0.15) is 24.2 Å². The van der Waals surface area contributed by atoms with E-state index < -0.39 is 11.4 Å². The summed E-state index contributed by atoms with van der Waals surface area (Å²) in [6.45, 7) is 3.73. The van der Waals surface area contributed by atoms with Gasteiger partial charge in [-0.25, -0.2) is 0 Å². The van der Waals surface area contributed by atoms with Crippen molar-refractivity contribution >= 4 is 16.9 Å². The summed E-state index contributed by atoms with van der Waals surface area (Å²) in [7, 11) is 0. The standard InChI is InChI=1S/C13H13NO4/c1-7(2)18-8-3-4-11-9(5-8)12(15)10(6-14-11)13(16)17/h3-7H,1-2H3,(H,14,15)(H,16,17)/p-1. The monoisotopic (exact) mass is 246 g/mol. The number of carbonyl (C=O) groups excluding carboxylic acids is 1. The van der Waals surface area contributed by atoms with Crippen LogP contribution in [0, 0.1) is 0 Å². The van der Waals surface area contributed by atoms with Gasteiger partial charge in [0.15, 0.2) is 5.43 Å². The van der Waals surface area contributed by atoms with E-state index in [0.717, 1.165) is 6.20 Å². The van der Waals surface area contributed by atoms with E-state index in [1.54, 1.807) is 12.1 Å². The van der Waals surface area contributed by atoms with Crippen molar-refractivity contribution in [1.29, 1.82) is 0 Å². The zero-order valence-electron chi connectivity index (χ0n) is 10.0. The number of nitrogens with one attached hydrogen (secondary N) is 1. The van der Waals surface area contributed by atoms with Gasteiger partial charge in [0.2, 0.25) is 0 Å². The maximum Gasteiger partial charge on any atom is 0.198 e. The van der Waals surface area contributed by atoms with Crippen molar-refractivity contribution < 1.29 is 14.6 Å². The van der Waals surface area contributed by atoms with Crippen LogP contribution in [0.15, 0.2) is 29.2 Å². The minimum absolute atomic E-state index is 0.0224. The number of benzene rings is 1. The number of fused-ring (bicyclic) bond motifs is 1. The van der Waals surface area contributed by atoms with Gasteiger partial charge in [-0.3, -0.25) is 4.79 Å². The molecule has 0 saturated heterocycles. The Kier molecular flexibility index (Phi) is 3.06. The number of pyridine rings is 1. The molecule has 2 aromatic rings. The molecule has 0 spiro atoms. The highest BCUT2D eigenvalue weighted by Crippen LogP contribution is 2.18. The van der Waals surface area contributed by atoms with Gasteiger partial charge in [-0.1, -0.05) is 0 Å². The Bertz CT molecular complexity index is 658. The highest BCUT2D eigenvalue weighted by atomic mass is 16.5. The number of carboxylic acid groups (broad SMARTS) is 1. The Morgan fingerprint density at radius 3 is 2.72 bits per heavy atom. The average molecular weight is 246 g/mol. The number of rotatable bonds is 3. The third kappa shape index (κ3) is 2.20. The summed E-state index contributed by atoms with van der Waals surface area (Å²) in [6.07, 6.45) is 1.12. The largest absolute Gasteiger partial charge is 0.545 e. The lowest BCUT2D eigenvalue weighted by Crippen LogP contribution is -2.29. The zero-order valence-corrected chi connectivity index (χ0v) is 10.0. The molecule has 0 atom stereocenters. The minimum Gasteiger partial charge on any atom is -0.545 e. The topological polar surface area (TPSA) is 82.2 Å². The Labute approximate surface area is 103 Å². The molecule has 5 nitrogen and oxygen atoms in total. The van der Waals surface area contributed by atoms with Crippen LogP contribution in [0.4, 0.5) is 0 Å². The van der Waals surface area contributed by atoms with E-state index in [9.17, 15) is 14.7 Å².